The molecule has 0 spiro atoms. The van der Waals surface area contributed by atoms with Gasteiger partial charge in [0.25, 0.3) is 0 Å². The van der Waals surface area contributed by atoms with Crippen molar-refractivity contribution in [2.24, 2.45) is 0 Å². The molecular formula is C17H19N5. The summed E-state index contributed by atoms with van der Waals surface area (Å²) in [6, 6.07) is 10.6. The van der Waals surface area contributed by atoms with Gasteiger partial charge in [0.1, 0.15) is 0 Å². The molecule has 0 bridgehead atoms. The van der Waals surface area contributed by atoms with Gasteiger partial charge in [-0.3, -0.25) is 4.68 Å². The van der Waals surface area contributed by atoms with Crippen molar-refractivity contribution >= 4 is 16.9 Å². The summed E-state index contributed by atoms with van der Waals surface area (Å²) in [4.78, 5) is 11.9. The highest BCUT2D eigenvalue weighted by atomic mass is 15.3. The molecule has 0 radical (unpaired) electrons. The summed E-state index contributed by atoms with van der Waals surface area (Å²) in [6.07, 6.45) is 6.10. The summed E-state index contributed by atoms with van der Waals surface area (Å²) in [6.45, 7) is 4.05. The minimum absolute atomic E-state index is 0.500. The first-order valence-corrected chi connectivity index (χ1v) is 7.79. The number of fused-ring (bicyclic) bond motifs is 1. The number of piperidine rings is 1. The normalized spacial score (nSPS) is 16.3. The Morgan fingerprint density at radius 3 is 2.41 bits per heavy atom. The number of anilines is 1. The van der Waals surface area contributed by atoms with Gasteiger partial charge in [0, 0.05) is 25.5 Å². The molecule has 0 N–H and O–H groups in total. The number of rotatable bonds is 2. The van der Waals surface area contributed by atoms with Crippen LogP contribution in [0.2, 0.25) is 0 Å². The molecule has 1 aromatic carbocycles. The third-order valence-electron chi connectivity index (χ3n) is 4.38. The van der Waals surface area contributed by atoms with Crippen molar-refractivity contribution in [2.45, 2.75) is 25.8 Å². The predicted octanol–water partition coefficient (Wildman–Crippen LogP) is 2.98. The Morgan fingerprint density at radius 1 is 1.00 bits per heavy atom. The Labute approximate surface area is 129 Å². The molecule has 0 atom stereocenters. The molecule has 1 aliphatic heterocycles. The molecule has 1 saturated heterocycles. The van der Waals surface area contributed by atoms with E-state index in [4.69, 9.17) is 9.97 Å². The molecule has 22 heavy (non-hydrogen) atoms. The maximum atomic E-state index is 4.83. The quantitative estimate of drug-likeness (QED) is 0.729. The second-order valence-electron chi connectivity index (χ2n) is 5.83. The monoisotopic (exact) mass is 293 g/mol. The SMILES string of the molecule is Cc1nc2ccccc2nc1N1CCC(n2cccn2)CC1. The Kier molecular flexibility index (Phi) is 3.25. The molecule has 3 heterocycles. The van der Waals surface area contributed by atoms with Gasteiger partial charge in [0.15, 0.2) is 5.82 Å². The van der Waals surface area contributed by atoms with Crippen LogP contribution in [-0.4, -0.2) is 32.8 Å². The zero-order valence-corrected chi connectivity index (χ0v) is 12.7. The van der Waals surface area contributed by atoms with Crippen molar-refractivity contribution in [1.82, 2.24) is 19.7 Å². The minimum atomic E-state index is 0.500. The highest BCUT2D eigenvalue weighted by molar-refractivity contribution is 5.76. The van der Waals surface area contributed by atoms with E-state index in [2.05, 4.69) is 20.9 Å². The highest BCUT2D eigenvalue weighted by Crippen LogP contribution is 2.27. The van der Waals surface area contributed by atoms with E-state index < -0.39 is 0 Å². The number of aromatic nitrogens is 4. The molecule has 112 valence electrons. The maximum absolute atomic E-state index is 4.83. The van der Waals surface area contributed by atoms with Gasteiger partial charge in [-0.2, -0.15) is 5.10 Å². The molecule has 5 nitrogen and oxygen atoms in total. The fourth-order valence-corrected chi connectivity index (χ4v) is 3.22. The lowest BCUT2D eigenvalue weighted by Gasteiger charge is -2.33. The lowest BCUT2D eigenvalue weighted by molar-refractivity contribution is 0.365. The van der Waals surface area contributed by atoms with Crippen LogP contribution in [0.25, 0.3) is 11.0 Å². The summed E-state index contributed by atoms with van der Waals surface area (Å²) in [5.74, 6) is 1.03. The van der Waals surface area contributed by atoms with E-state index >= 15 is 0 Å². The van der Waals surface area contributed by atoms with E-state index in [1.54, 1.807) is 0 Å². The van der Waals surface area contributed by atoms with Gasteiger partial charge >= 0.3 is 0 Å². The van der Waals surface area contributed by atoms with E-state index in [0.29, 0.717) is 6.04 Å². The van der Waals surface area contributed by atoms with E-state index in [-0.39, 0.29) is 0 Å². The molecule has 0 amide bonds. The van der Waals surface area contributed by atoms with Crippen molar-refractivity contribution in [3.63, 3.8) is 0 Å². The zero-order chi connectivity index (χ0) is 14.9. The van der Waals surface area contributed by atoms with Crippen molar-refractivity contribution in [3.8, 4) is 0 Å². The molecule has 5 heteroatoms. The summed E-state index contributed by atoms with van der Waals surface area (Å²) < 4.78 is 2.08. The Hall–Kier alpha value is -2.43. The Bertz CT molecular complexity index is 773. The molecule has 1 aliphatic rings. The summed E-state index contributed by atoms with van der Waals surface area (Å²) >= 11 is 0. The molecule has 0 saturated carbocycles. The number of hydrogen-bond acceptors (Lipinski definition) is 4. The first kappa shape index (κ1) is 13.2. The maximum Gasteiger partial charge on any atom is 0.150 e. The molecule has 2 aromatic heterocycles. The van der Waals surface area contributed by atoms with Gasteiger partial charge in [-0.25, -0.2) is 9.97 Å². The van der Waals surface area contributed by atoms with Crippen LogP contribution >= 0.6 is 0 Å². The van der Waals surface area contributed by atoms with Crippen LogP contribution in [0.15, 0.2) is 42.7 Å². The van der Waals surface area contributed by atoms with Gasteiger partial charge in [-0.1, -0.05) is 12.1 Å². The lowest BCUT2D eigenvalue weighted by atomic mass is 10.1. The van der Waals surface area contributed by atoms with Crippen LogP contribution in [0, 0.1) is 6.92 Å². The lowest BCUT2D eigenvalue weighted by Crippen LogP contribution is -2.36. The Balaban J connectivity index is 1.57. The van der Waals surface area contributed by atoms with E-state index in [9.17, 15) is 0 Å². The smallest absolute Gasteiger partial charge is 0.150 e. The Morgan fingerprint density at radius 2 is 1.73 bits per heavy atom. The van der Waals surface area contributed by atoms with Crippen LogP contribution in [0.4, 0.5) is 5.82 Å². The molecule has 3 aromatic rings. The summed E-state index contributed by atoms with van der Waals surface area (Å²) in [5, 5.41) is 4.37. The summed E-state index contributed by atoms with van der Waals surface area (Å²) in [5.41, 5.74) is 2.95. The van der Waals surface area contributed by atoms with Crippen molar-refractivity contribution in [3.05, 3.63) is 48.4 Å². The second kappa shape index (κ2) is 5.40. The standard InChI is InChI=1S/C17H19N5/c1-13-17(20-16-6-3-2-5-15(16)19-13)21-11-7-14(8-12-21)22-10-4-9-18-22/h2-6,9-10,14H,7-8,11-12H2,1H3. The first-order chi connectivity index (χ1) is 10.8. The predicted molar refractivity (Wildman–Crippen MR) is 87.0 cm³/mol. The molecule has 1 fully saturated rings. The van der Waals surface area contributed by atoms with Crippen LogP contribution in [-0.2, 0) is 0 Å². The van der Waals surface area contributed by atoms with Crippen LogP contribution in [0.5, 0.6) is 0 Å². The topological polar surface area (TPSA) is 46.8 Å². The molecule has 4 rings (SSSR count). The van der Waals surface area contributed by atoms with E-state index in [1.807, 2.05) is 43.5 Å². The van der Waals surface area contributed by atoms with Crippen molar-refractivity contribution in [2.75, 3.05) is 18.0 Å². The number of para-hydroxylation sites is 2. The van der Waals surface area contributed by atoms with Crippen LogP contribution in [0.1, 0.15) is 24.6 Å². The van der Waals surface area contributed by atoms with Crippen LogP contribution in [0.3, 0.4) is 0 Å². The third-order valence-corrected chi connectivity index (χ3v) is 4.38. The van der Waals surface area contributed by atoms with Crippen LogP contribution < -0.4 is 4.90 Å². The van der Waals surface area contributed by atoms with Crippen molar-refractivity contribution in [1.29, 1.82) is 0 Å². The number of nitrogens with zero attached hydrogens (tertiary/aromatic N) is 5. The van der Waals surface area contributed by atoms with Gasteiger partial charge in [0.2, 0.25) is 0 Å². The number of benzene rings is 1. The van der Waals surface area contributed by atoms with E-state index in [1.165, 1.54) is 0 Å². The van der Waals surface area contributed by atoms with Gasteiger partial charge in [0.05, 0.1) is 22.8 Å². The van der Waals surface area contributed by atoms with Gasteiger partial charge in [-0.15, -0.1) is 0 Å². The average Bonchev–Trinajstić information content (AvgIpc) is 3.09. The second-order valence-corrected chi connectivity index (χ2v) is 5.83. The molecule has 0 aliphatic carbocycles. The van der Waals surface area contributed by atoms with Gasteiger partial charge < -0.3 is 4.90 Å². The largest absolute Gasteiger partial charge is 0.355 e. The fraction of sp³-hybridized carbons (Fsp3) is 0.353. The van der Waals surface area contributed by atoms with Gasteiger partial charge in [-0.05, 0) is 38.0 Å². The minimum Gasteiger partial charge on any atom is -0.355 e. The van der Waals surface area contributed by atoms with Crippen molar-refractivity contribution < 1.29 is 0 Å². The highest BCUT2D eigenvalue weighted by Gasteiger charge is 2.23. The average molecular weight is 293 g/mol. The number of aryl methyl sites for hydroxylation is 1. The summed E-state index contributed by atoms with van der Waals surface area (Å²) in [7, 11) is 0. The van der Waals surface area contributed by atoms with E-state index in [0.717, 1.165) is 48.5 Å². The molecule has 0 unspecified atom stereocenters. The molecular weight excluding hydrogens is 274 g/mol. The third kappa shape index (κ3) is 2.32. The zero-order valence-electron chi connectivity index (χ0n) is 12.7. The fourth-order valence-electron chi connectivity index (χ4n) is 3.22. The first-order valence-electron chi connectivity index (χ1n) is 7.79. The number of hydrogen-bond donors (Lipinski definition) is 0.